The Labute approximate surface area is 125 Å². The number of nitrogens with one attached hydrogen (secondary N) is 1. The molecule has 0 aliphatic rings. The Hall–Kier alpha value is -1.40. The maximum Gasteiger partial charge on any atom is 0.174 e. The molecular formula is C14H16BrFN2O2. The van der Waals surface area contributed by atoms with Gasteiger partial charge in [-0.25, -0.2) is 4.39 Å². The zero-order chi connectivity index (χ0) is 14.5. The minimum absolute atomic E-state index is 0.146. The maximum absolute atomic E-state index is 13.6. The fraction of sp³-hybridized carbons (Fsp3) is 0.357. The van der Waals surface area contributed by atoms with Gasteiger partial charge in [0.25, 0.3) is 0 Å². The largest absolute Gasteiger partial charge is 0.482 e. The molecule has 0 radical (unpaired) electrons. The highest BCUT2D eigenvalue weighted by Gasteiger charge is 2.08. The molecule has 0 amide bonds. The number of nitrogens with zero attached hydrogens (tertiary/aromatic N) is 1. The van der Waals surface area contributed by atoms with Crippen molar-refractivity contribution in [1.82, 2.24) is 10.5 Å². The molecule has 0 spiro atoms. The first-order chi connectivity index (χ1) is 9.54. The van der Waals surface area contributed by atoms with Crippen LogP contribution in [0.5, 0.6) is 5.75 Å². The quantitative estimate of drug-likeness (QED) is 0.870. The summed E-state index contributed by atoms with van der Waals surface area (Å²) < 4.78 is 24.7. The third-order valence-corrected chi connectivity index (χ3v) is 3.06. The van der Waals surface area contributed by atoms with Crippen LogP contribution in [0.25, 0.3) is 0 Å². The maximum atomic E-state index is 13.6. The van der Waals surface area contributed by atoms with E-state index in [0.717, 1.165) is 5.69 Å². The van der Waals surface area contributed by atoms with Crippen LogP contribution in [0, 0.1) is 5.82 Å². The van der Waals surface area contributed by atoms with Gasteiger partial charge in [-0.05, 0) is 18.2 Å². The lowest BCUT2D eigenvalue weighted by Crippen LogP contribution is -2.21. The molecular weight excluding hydrogens is 327 g/mol. The monoisotopic (exact) mass is 342 g/mol. The van der Waals surface area contributed by atoms with Gasteiger partial charge in [0.15, 0.2) is 17.3 Å². The molecule has 0 aliphatic heterocycles. The van der Waals surface area contributed by atoms with E-state index in [4.69, 9.17) is 9.26 Å². The third kappa shape index (κ3) is 4.31. The number of benzene rings is 1. The molecule has 1 heterocycles. The van der Waals surface area contributed by atoms with Gasteiger partial charge in [0.05, 0.1) is 5.69 Å². The van der Waals surface area contributed by atoms with Gasteiger partial charge >= 0.3 is 0 Å². The predicted octanol–water partition coefficient (Wildman–Crippen LogP) is 3.65. The number of ether oxygens (including phenoxy) is 1. The number of aromatic nitrogens is 1. The standard InChI is InChI=1S/C14H16BrFN2O2/c1-9(2)17-7-11-6-12(20-18-11)8-19-14-4-3-10(15)5-13(14)16/h3-6,9,17H,7-8H2,1-2H3. The zero-order valence-corrected chi connectivity index (χ0v) is 12.9. The van der Waals surface area contributed by atoms with E-state index in [1.807, 2.05) is 0 Å². The summed E-state index contributed by atoms with van der Waals surface area (Å²) in [5.41, 5.74) is 0.800. The summed E-state index contributed by atoms with van der Waals surface area (Å²) in [5.74, 6) is 0.333. The second-order valence-corrected chi connectivity index (χ2v) is 5.60. The van der Waals surface area contributed by atoms with Crippen LogP contribution in [0.1, 0.15) is 25.3 Å². The van der Waals surface area contributed by atoms with Crippen LogP contribution in [0.15, 0.2) is 33.3 Å². The molecule has 2 rings (SSSR count). The van der Waals surface area contributed by atoms with E-state index in [1.54, 1.807) is 18.2 Å². The smallest absolute Gasteiger partial charge is 0.174 e. The number of rotatable bonds is 6. The second kappa shape index (κ2) is 6.85. The molecule has 1 aromatic carbocycles. The highest BCUT2D eigenvalue weighted by Crippen LogP contribution is 2.22. The van der Waals surface area contributed by atoms with Crippen molar-refractivity contribution in [2.24, 2.45) is 0 Å². The Kier molecular flexibility index (Phi) is 5.14. The first kappa shape index (κ1) is 15.0. The fourth-order valence-electron chi connectivity index (χ4n) is 1.56. The summed E-state index contributed by atoms with van der Waals surface area (Å²) in [7, 11) is 0. The Morgan fingerprint density at radius 2 is 2.20 bits per heavy atom. The van der Waals surface area contributed by atoms with Crippen LogP contribution in [-0.2, 0) is 13.2 Å². The molecule has 4 nitrogen and oxygen atoms in total. The Morgan fingerprint density at radius 1 is 1.40 bits per heavy atom. The van der Waals surface area contributed by atoms with Crippen molar-refractivity contribution in [2.45, 2.75) is 33.0 Å². The fourth-order valence-corrected chi connectivity index (χ4v) is 1.89. The van der Waals surface area contributed by atoms with E-state index in [1.165, 1.54) is 6.07 Å². The summed E-state index contributed by atoms with van der Waals surface area (Å²) in [6, 6.07) is 6.82. The molecule has 0 aliphatic carbocycles. The van der Waals surface area contributed by atoms with Crippen LogP contribution >= 0.6 is 15.9 Å². The van der Waals surface area contributed by atoms with E-state index in [2.05, 4.69) is 40.3 Å². The molecule has 20 heavy (non-hydrogen) atoms. The van der Waals surface area contributed by atoms with Crippen LogP contribution < -0.4 is 10.1 Å². The molecule has 0 unspecified atom stereocenters. The van der Waals surface area contributed by atoms with Crippen molar-refractivity contribution in [3.63, 3.8) is 0 Å². The van der Waals surface area contributed by atoms with Crippen molar-refractivity contribution in [3.05, 3.63) is 46.0 Å². The number of hydrogen-bond acceptors (Lipinski definition) is 4. The Bertz CT molecular complexity index is 572. The van der Waals surface area contributed by atoms with Crippen molar-refractivity contribution in [1.29, 1.82) is 0 Å². The van der Waals surface area contributed by atoms with Crippen LogP contribution in [-0.4, -0.2) is 11.2 Å². The summed E-state index contributed by atoms with van der Waals surface area (Å²) in [6.45, 7) is 4.89. The van der Waals surface area contributed by atoms with E-state index >= 15 is 0 Å². The van der Waals surface area contributed by atoms with E-state index in [-0.39, 0.29) is 12.4 Å². The van der Waals surface area contributed by atoms with Crippen molar-refractivity contribution < 1.29 is 13.7 Å². The molecule has 0 bridgehead atoms. The summed E-state index contributed by atoms with van der Waals surface area (Å²) in [4.78, 5) is 0. The minimum Gasteiger partial charge on any atom is -0.482 e. The zero-order valence-electron chi connectivity index (χ0n) is 11.3. The first-order valence-corrected chi connectivity index (χ1v) is 7.09. The van der Waals surface area contributed by atoms with Gasteiger partial charge in [0, 0.05) is 23.1 Å². The minimum atomic E-state index is -0.416. The van der Waals surface area contributed by atoms with Gasteiger partial charge in [-0.1, -0.05) is 34.9 Å². The van der Waals surface area contributed by atoms with Gasteiger partial charge in [-0.3, -0.25) is 0 Å². The second-order valence-electron chi connectivity index (χ2n) is 4.68. The van der Waals surface area contributed by atoms with E-state index in [9.17, 15) is 4.39 Å². The molecule has 0 atom stereocenters. The molecule has 1 N–H and O–H groups in total. The van der Waals surface area contributed by atoms with E-state index < -0.39 is 5.82 Å². The summed E-state index contributed by atoms with van der Waals surface area (Å²) >= 11 is 3.19. The molecule has 0 saturated heterocycles. The number of hydrogen-bond donors (Lipinski definition) is 1. The Balaban J connectivity index is 1.90. The van der Waals surface area contributed by atoms with Gasteiger partial charge in [0.1, 0.15) is 6.61 Å². The van der Waals surface area contributed by atoms with Crippen molar-refractivity contribution in [3.8, 4) is 5.75 Å². The topological polar surface area (TPSA) is 47.3 Å². The molecule has 2 aromatic rings. The normalized spacial score (nSPS) is 11.1. The lowest BCUT2D eigenvalue weighted by atomic mass is 10.3. The van der Waals surface area contributed by atoms with Gasteiger partial charge in [-0.15, -0.1) is 0 Å². The van der Waals surface area contributed by atoms with Gasteiger partial charge < -0.3 is 14.6 Å². The SMILES string of the molecule is CC(C)NCc1cc(COc2ccc(Br)cc2F)on1. The molecule has 0 saturated carbocycles. The van der Waals surface area contributed by atoms with E-state index in [0.29, 0.717) is 22.8 Å². The van der Waals surface area contributed by atoms with Crippen LogP contribution in [0.3, 0.4) is 0 Å². The van der Waals surface area contributed by atoms with Gasteiger partial charge in [0.2, 0.25) is 0 Å². The third-order valence-electron chi connectivity index (χ3n) is 2.56. The lowest BCUT2D eigenvalue weighted by Gasteiger charge is -2.05. The van der Waals surface area contributed by atoms with Crippen molar-refractivity contribution >= 4 is 15.9 Å². The molecule has 1 aromatic heterocycles. The van der Waals surface area contributed by atoms with Gasteiger partial charge in [-0.2, -0.15) is 0 Å². The summed E-state index contributed by atoms with van der Waals surface area (Å²) in [5, 5.41) is 7.15. The van der Waals surface area contributed by atoms with Crippen LogP contribution in [0.2, 0.25) is 0 Å². The average Bonchev–Trinajstić information content (AvgIpc) is 2.83. The highest BCUT2D eigenvalue weighted by molar-refractivity contribution is 9.10. The molecule has 6 heteroatoms. The van der Waals surface area contributed by atoms with Crippen molar-refractivity contribution in [2.75, 3.05) is 0 Å². The average molecular weight is 343 g/mol. The Morgan fingerprint density at radius 3 is 2.90 bits per heavy atom. The number of halogens is 2. The summed E-state index contributed by atoms with van der Waals surface area (Å²) in [6.07, 6.45) is 0. The lowest BCUT2D eigenvalue weighted by molar-refractivity contribution is 0.239. The molecule has 108 valence electrons. The first-order valence-electron chi connectivity index (χ1n) is 6.30. The highest BCUT2D eigenvalue weighted by atomic mass is 79.9. The van der Waals surface area contributed by atoms with Crippen LogP contribution in [0.4, 0.5) is 4.39 Å². The molecule has 0 fully saturated rings. The predicted molar refractivity (Wildman–Crippen MR) is 76.9 cm³/mol.